The standard InChI is InChI=1S/C28H28FN3O2S/c1-19-2-4-20(5-3-19)17-30-27(33)22-10-13-31(14-11-22)28(34)25-16-26-24(12-15-35-26)32(25)18-21-6-8-23(29)9-7-21/h2-9,12,15-16,22H,10-11,13-14,17-18H2,1H3,(H,30,33). The van der Waals surface area contributed by atoms with Crippen molar-refractivity contribution in [2.75, 3.05) is 13.1 Å². The molecule has 0 saturated carbocycles. The number of piperidine rings is 1. The van der Waals surface area contributed by atoms with Crippen molar-refractivity contribution in [3.05, 3.63) is 94.2 Å². The molecular formula is C28H28FN3O2S. The number of hydrogen-bond donors (Lipinski definition) is 1. The van der Waals surface area contributed by atoms with Crippen molar-refractivity contribution in [1.29, 1.82) is 0 Å². The number of thiophene rings is 1. The van der Waals surface area contributed by atoms with E-state index in [2.05, 4.69) is 5.32 Å². The van der Waals surface area contributed by atoms with Gasteiger partial charge in [-0.2, -0.15) is 0 Å². The zero-order valence-electron chi connectivity index (χ0n) is 19.7. The Kier molecular flexibility index (Phi) is 6.68. The summed E-state index contributed by atoms with van der Waals surface area (Å²) in [5.74, 6) is -0.324. The van der Waals surface area contributed by atoms with Gasteiger partial charge in [0.15, 0.2) is 0 Å². The molecule has 5 rings (SSSR count). The number of carbonyl (C=O) groups is 2. The number of nitrogens with one attached hydrogen (secondary N) is 1. The summed E-state index contributed by atoms with van der Waals surface area (Å²) < 4.78 is 16.4. The van der Waals surface area contributed by atoms with E-state index in [0.29, 0.717) is 44.7 Å². The summed E-state index contributed by atoms with van der Waals surface area (Å²) in [5, 5.41) is 5.06. The largest absolute Gasteiger partial charge is 0.352 e. The van der Waals surface area contributed by atoms with E-state index in [9.17, 15) is 14.0 Å². The van der Waals surface area contributed by atoms with Gasteiger partial charge in [-0.05, 0) is 60.5 Å². The van der Waals surface area contributed by atoms with Gasteiger partial charge in [0.25, 0.3) is 5.91 Å². The van der Waals surface area contributed by atoms with Gasteiger partial charge in [0.2, 0.25) is 5.91 Å². The molecule has 180 valence electrons. The lowest BCUT2D eigenvalue weighted by atomic mass is 9.95. The van der Waals surface area contributed by atoms with Gasteiger partial charge in [-0.3, -0.25) is 9.59 Å². The lowest BCUT2D eigenvalue weighted by molar-refractivity contribution is -0.126. The van der Waals surface area contributed by atoms with Crippen LogP contribution >= 0.6 is 11.3 Å². The molecule has 2 amide bonds. The maximum absolute atomic E-state index is 13.5. The Balaban J connectivity index is 1.23. The van der Waals surface area contributed by atoms with E-state index >= 15 is 0 Å². The zero-order valence-corrected chi connectivity index (χ0v) is 20.5. The van der Waals surface area contributed by atoms with Crippen molar-refractivity contribution in [2.45, 2.75) is 32.9 Å². The average Bonchev–Trinajstić information content (AvgIpc) is 3.47. The summed E-state index contributed by atoms with van der Waals surface area (Å²) in [7, 11) is 0. The molecule has 7 heteroatoms. The molecular weight excluding hydrogens is 461 g/mol. The minimum Gasteiger partial charge on any atom is -0.352 e. The van der Waals surface area contributed by atoms with Crippen LogP contribution in [0.2, 0.25) is 0 Å². The normalized spacial score (nSPS) is 14.4. The number of nitrogens with zero attached hydrogens (tertiary/aromatic N) is 2. The third kappa shape index (κ3) is 5.15. The maximum Gasteiger partial charge on any atom is 0.270 e. The molecule has 4 aromatic rings. The number of halogens is 1. The Morgan fingerprint density at radius 2 is 1.69 bits per heavy atom. The van der Waals surface area contributed by atoms with Crippen molar-refractivity contribution in [3.63, 3.8) is 0 Å². The summed E-state index contributed by atoms with van der Waals surface area (Å²) in [6.07, 6.45) is 1.30. The summed E-state index contributed by atoms with van der Waals surface area (Å²) in [6.45, 7) is 4.17. The molecule has 1 saturated heterocycles. The molecule has 1 aliphatic heterocycles. The van der Waals surface area contributed by atoms with E-state index in [1.54, 1.807) is 23.5 Å². The number of likely N-dealkylation sites (tertiary alicyclic amines) is 1. The van der Waals surface area contributed by atoms with Gasteiger partial charge in [0.1, 0.15) is 11.5 Å². The number of hydrogen-bond acceptors (Lipinski definition) is 3. The van der Waals surface area contributed by atoms with Gasteiger partial charge in [0, 0.05) is 32.1 Å². The number of aryl methyl sites for hydroxylation is 1. The van der Waals surface area contributed by atoms with Crippen LogP contribution in [0.5, 0.6) is 0 Å². The highest BCUT2D eigenvalue weighted by molar-refractivity contribution is 7.17. The van der Waals surface area contributed by atoms with Crippen molar-refractivity contribution >= 4 is 33.4 Å². The van der Waals surface area contributed by atoms with Crippen LogP contribution in [0.15, 0.2) is 66.0 Å². The molecule has 0 radical (unpaired) electrons. The predicted octanol–water partition coefficient (Wildman–Crippen LogP) is 5.37. The minimum absolute atomic E-state index is 0.0194. The molecule has 2 aromatic heterocycles. The average molecular weight is 490 g/mol. The van der Waals surface area contributed by atoms with E-state index in [0.717, 1.165) is 21.3 Å². The predicted molar refractivity (Wildman–Crippen MR) is 137 cm³/mol. The van der Waals surface area contributed by atoms with E-state index in [4.69, 9.17) is 0 Å². The van der Waals surface area contributed by atoms with Crippen LogP contribution in [0.3, 0.4) is 0 Å². The summed E-state index contributed by atoms with van der Waals surface area (Å²) >= 11 is 1.60. The Bertz CT molecular complexity index is 1330. The van der Waals surface area contributed by atoms with Crippen LogP contribution in [-0.2, 0) is 17.9 Å². The smallest absolute Gasteiger partial charge is 0.270 e. The number of aromatic nitrogens is 1. The number of benzene rings is 2. The minimum atomic E-state index is -0.274. The van der Waals surface area contributed by atoms with Crippen LogP contribution in [0.4, 0.5) is 4.39 Å². The second kappa shape index (κ2) is 10.0. The molecule has 0 spiro atoms. The first kappa shape index (κ1) is 23.3. The molecule has 1 N–H and O–H groups in total. The summed E-state index contributed by atoms with van der Waals surface area (Å²) in [4.78, 5) is 28.1. The number of rotatable bonds is 6. The van der Waals surface area contributed by atoms with Crippen molar-refractivity contribution in [1.82, 2.24) is 14.8 Å². The lowest BCUT2D eigenvalue weighted by Gasteiger charge is -2.31. The van der Waals surface area contributed by atoms with Crippen molar-refractivity contribution < 1.29 is 14.0 Å². The van der Waals surface area contributed by atoms with Crippen molar-refractivity contribution in [2.24, 2.45) is 5.92 Å². The molecule has 1 aliphatic rings. The van der Waals surface area contributed by atoms with Crippen LogP contribution in [0.25, 0.3) is 10.2 Å². The second-order valence-electron chi connectivity index (χ2n) is 9.18. The van der Waals surface area contributed by atoms with Crippen LogP contribution < -0.4 is 5.32 Å². The van der Waals surface area contributed by atoms with Crippen LogP contribution in [-0.4, -0.2) is 34.4 Å². The highest BCUT2D eigenvalue weighted by atomic mass is 32.1. The van der Waals surface area contributed by atoms with Gasteiger partial charge in [-0.15, -0.1) is 11.3 Å². The molecule has 0 aliphatic carbocycles. The first-order valence-corrected chi connectivity index (χ1v) is 12.8. The highest BCUT2D eigenvalue weighted by Crippen LogP contribution is 2.28. The monoisotopic (exact) mass is 489 g/mol. The molecule has 3 heterocycles. The van der Waals surface area contributed by atoms with E-state index < -0.39 is 0 Å². The van der Waals surface area contributed by atoms with Gasteiger partial charge in [-0.25, -0.2) is 4.39 Å². The summed E-state index contributed by atoms with van der Waals surface area (Å²) in [5.41, 5.74) is 4.86. The highest BCUT2D eigenvalue weighted by Gasteiger charge is 2.29. The van der Waals surface area contributed by atoms with Gasteiger partial charge >= 0.3 is 0 Å². The molecule has 1 fully saturated rings. The molecule has 5 nitrogen and oxygen atoms in total. The fraction of sp³-hybridized carbons (Fsp3) is 0.286. The lowest BCUT2D eigenvalue weighted by Crippen LogP contribution is -2.43. The van der Waals surface area contributed by atoms with Gasteiger partial charge in [0.05, 0.1) is 10.2 Å². The SMILES string of the molecule is Cc1ccc(CNC(=O)C2CCN(C(=O)c3cc4sccc4n3Cc3ccc(F)cc3)CC2)cc1. The molecule has 0 unspecified atom stereocenters. The van der Waals surface area contributed by atoms with E-state index in [1.807, 2.05) is 58.2 Å². The Morgan fingerprint density at radius 3 is 2.40 bits per heavy atom. The fourth-order valence-electron chi connectivity index (χ4n) is 4.64. The number of carbonyl (C=O) groups excluding carboxylic acids is 2. The Labute approximate surface area is 208 Å². The van der Waals surface area contributed by atoms with E-state index in [1.165, 1.54) is 17.7 Å². The fourth-order valence-corrected chi connectivity index (χ4v) is 5.47. The third-order valence-corrected chi connectivity index (χ3v) is 7.59. The van der Waals surface area contributed by atoms with Gasteiger partial charge < -0.3 is 14.8 Å². The summed E-state index contributed by atoms with van der Waals surface area (Å²) in [6, 6.07) is 18.5. The van der Waals surface area contributed by atoms with E-state index in [-0.39, 0.29) is 23.5 Å². The molecule has 0 bridgehead atoms. The first-order chi connectivity index (χ1) is 17.0. The number of amides is 2. The first-order valence-electron chi connectivity index (χ1n) is 11.9. The maximum atomic E-state index is 13.5. The molecule has 0 atom stereocenters. The zero-order chi connectivity index (χ0) is 24.4. The van der Waals surface area contributed by atoms with Gasteiger partial charge in [-0.1, -0.05) is 42.0 Å². The molecule has 35 heavy (non-hydrogen) atoms. The second-order valence-corrected chi connectivity index (χ2v) is 10.1. The Morgan fingerprint density at radius 1 is 1.00 bits per heavy atom. The Hall–Kier alpha value is -3.45. The van der Waals surface area contributed by atoms with Crippen LogP contribution in [0.1, 0.15) is 40.0 Å². The topological polar surface area (TPSA) is 54.3 Å². The quantitative estimate of drug-likeness (QED) is 0.396. The number of fused-ring (bicyclic) bond motifs is 1. The molecule has 2 aromatic carbocycles. The third-order valence-electron chi connectivity index (χ3n) is 6.74. The van der Waals surface area contributed by atoms with Crippen LogP contribution in [0, 0.1) is 18.7 Å². The van der Waals surface area contributed by atoms with Crippen molar-refractivity contribution in [3.8, 4) is 0 Å².